The third kappa shape index (κ3) is 9.61. The van der Waals surface area contributed by atoms with E-state index in [4.69, 9.17) is 14.6 Å². The molecule has 0 aromatic rings. The molecule has 0 saturated heterocycles. The van der Waals surface area contributed by atoms with Crippen molar-refractivity contribution < 1.29 is 38.6 Å². The van der Waals surface area contributed by atoms with Gasteiger partial charge >= 0.3 is 5.97 Å². The van der Waals surface area contributed by atoms with Crippen LogP contribution in [0.3, 0.4) is 0 Å². The molecule has 11 heteroatoms. The minimum Gasteiger partial charge on any atom is -0.480 e. The molecule has 0 aliphatic carbocycles. The first-order valence-corrected chi connectivity index (χ1v) is 9.70. The molecule has 0 bridgehead atoms. The fraction of sp³-hybridized carbons (Fsp3) is 0.632. The summed E-state index contributed by atoms with van der Waals surface area (Å²) < 4.78 is 10.5. The van der Waals surface area contributed by atoms with E-state index in [-0.39, 0.29) is 64.2 Å². The summed E-state index contributed by atoms with van der Waals surface area (Å²) in [6.07, 6.45) is 2.40. The highest BCUT2D eigenvalue weighted by Gasteiger charge is 2.24. The van der Waals surface area contributed by atoms with Gasteiger partial charge in [-0.3, -0.25) is 24.1 Å². The molecule has 4 amide bonds. The van der Waals surface area contributed by atoms with Gasteiger partial charge in [-0.05, 0) is 5.92 Å². The Bertz CT molecular complexity index is 644. The largest absolute Gasteiger partial charge is 0.480 e. The number of ether oxygens (including phenoxy) is 2. The summed E-state index contributed by atoms with van der Waals surface area (Å²) in [7, 11) is 0. The second-order valence-electron chi connectivity index (χ2n) is 6.86. The molecule has 0 radical (unpaired) electrons. The van der Waals surface area contributed by atoms with Crippen LogP contribution in [0, 0.1) is 5.92 Å². The number of rotatable bonds is 15. The molecule has 1 aliphatic rings. The molecule has 1 heterocycles. The van der Waals surface area contributed by atoms with Gasteiger partial charge in [-0.25, -0.2) is 4.79 Å². The fourth-order valence-electron chi connectivity index (χ4n) is 2.46. The topological polar surface area (TPSA) is 151 Å². The number of carbonyl (C=O) groups excluding carboxylic acids is 4. The van der Waals surface area contributed by atoms with Gasteiger partial charge < -0.3 is 25.2 Å². The van der Waals surface area contributed by atoms with Crippen LogP contribution in [-0.2, 0) is 33.4 Å². The third-order valence-corrected chi connectivity index (χ3v) is 4.13. The van der Waals surface area contributed by atoms with E-state index in [1.807, 2.05) is 0 Å². The average Bonchev–Trinajstić information content (AvgIpc) is 3.00. The number of hydrogen-bond acceptors (Lipinski definition) is 7. The summed E-state index contributed by atoms with van der Waals surface area (Å²) in [6, 6.07) is -0.927. The molecule has 1 aliphatic heterocycles. The standard InChI is InChI=1S/C19H29N3O8/c1-13(2)18(19(27)28)21-15(24)6-9-29-11-12-30-10-7-20-14(23)5-8-22-16(25)3-4-17(22)26/h3-4,13,18H,5-12H2,1-2H3,(H,20,23)(H,21,24)(H,27,28). The van der Waals surface area contributed by atoms with Gasteiger partial charge in [0, 0.05) is 38.1 Å². The number of carboxylic acid groups (broad SMARTS) is 1. The van der Waals surface area contributed by atoms with Gasteiger partial charge in [0.15, 0.2) is 0 Å². The quantitative estimate of drug-likeness (QED) is 0.224. The van der Waals surface area contributed by atoms with Crippen molar-refractivity contribution in [2.45, 2.75) is 32.7 Å². The van der Waals surface area contributed by atoms with Crippen LogP contribution in [0.2, 0.25) is 0 Å². The first kappa shape index (κ1) is 25.2. The normalized spacial score (nSPS) is 14.3. The molecule has 1 rings (SSSR count). The Balaban J connectivity index is 1.97. The summed E-state index contributed by atoms with van der Waals surface area (Å²) >= 11 is 0. The molecule has 0 saturated carbocycles. The van der Waals surface area contributed by atoms with Crippen molar-refractivity contribution in [3.05, 3.63) is 12.2 Å². The van der Waals surface area contributed by atoms with Crippen LogP contribution >= 0.6 is 0 Å². The molecule has 11 nitrogen and oxygen atoms in total. The van der Waals surface area contributed by atoms with Crippen LogP contribution in [0.5, 0.6) is 0 Å². The highest BCUT2D eigenvalue weighted by Crippen LogP contribution is 2.04. The van der Waals surface area contributed by atoms with Gasteiger partial charge in [0.2, 0.25) is 11.8 Å². The zero-order valence-electron chi connectivity index (χ0n) is 17.2. The van der Waals surface area contributed by atoms with Gasteiger partial charge in [-0.15, -0.1) is 0 Å². The summed E-state index contributed by atoms with van der Waals surface area (Å²) in [5.74, 6) is -2.83. The number of hydrogen-bond donors (Lipinski definition) is 3. The van der Waals surface area contributed by atoms with E-state index < -0.39 is 29.7 Å². The van der Waals surface area contributed by atoms with Gasteiger partial charge in [0.1, 0.15) is 6.04 Å². The first-order valence-electron chi connectivity index (χ1n) is 9.70. The molecular formula is C19H29N3O8. The Kier molecular flexibility index (Phi) is 11.3. The molecule has 0 aromatic heterocycles. The second-order valence-corrected chi connectivity index (χ2v) is 6.86. The Labute approximate surface area is 174 Å². The number of imide groups is 1. The number of nitrogens with one attached hydrogen (secondary N) is 2. The van der Waals surface area contributed by atoms with E-state index in [9.17, 15) is 24.0 Å². The molecule has 3 N–H and O–H groups in total. The number of aliphatic carboxylic acids is 1. The van der Waals surface area contributed by atoms with Crippen molar-refractivity contribution in [2.24, 2.45) is 5.92 Å². The van der Waals surface area contributed by atoms with Crippen molar-refractivity contribution in [2.75, 3.05) is 39.5 Å². The lowest BCUT2D eigenvalue weighted by molar-refractivity contribution is -0.143. The van der Waals surface area contributed by atoms with Crippen molar-refractivity contribution in [3.8, 4) is 0 Å². The Morgan fingerprint density at radius 1 is 0.967 bits per heavy atom. The van der Waals surface area contributed by atoms with Crippen LogP contribution in [0.1, 0.15) is 26.7 Å². The van der Waals surface area contributed by atoms with Crippen molar-refractivity contribution >= 4 is 29.6 Å². The monoisotopic (exact) mass is 427 g/mol. The van der Waals surface area contributed by atoms with E-state index in [1.54, 1.807) is 13.8 Å². The molecule has 1 unspecified atom stereocenters. The maximum absolute atomic E-state index is 11.7. The average molecular weight is 427 g/mol. The summed E-state index contributed by atoms with van der Waals surface area (Å²) in [6.45, 7) is 4.64. The number of amides is 4. The minimum absolute atomic E-state index is 0.0177. The molecular weight excluding hydrogens is 398 g/mol. The maximum Gasteiger partial charge on any atom is 0.326 e. The van der Waals surface area contributed by atoms with E-state index in [2.05, 4.69) is 10.6 Å². The highest BCUT2D eigenvalue weighted by atomic mass is 16.5. The molecule has 0 aromatic carbocycles. The Morgan fingerprint density at radius 2 is 1.57 bits per heavy atom. The smallest absolute Gasteiger partial charge is 0.326 e. The van der Waals surface area contributed by atoms with E-state index in [0.29, 0.717) is 0 Å². The summed E-state index contributed by atoms with van der Waals surface area (Å²) in [4.78, 5) is 58.1. The van der Waals surface area contributed by atoms with Gasteiger partial charge in [0.05, 0.1) is 26.4 Å². The first-order chi connectivity index (χ1) is 14.2. The van der Waals surface area contributed by atoms with Crippen LogP contribution in [-0.4, -0.2) is 85.2 Å². The lowest BCUT2D eigenvalue weighted by Crippen LogP contribution is -2.44. The van der Waals surface area contributed by atoms with Crippen molar-refractivity contribution in [1.29, 1.82) is 0 Å². The number of carboxylic acids is 1. The van der Waals surface area contributed by atoms with Crippen LogP contribution in [0.15, 0.2) is 12.2 Å². The Hall–Kier alpha value is -2.79. The second kappa shape index (κ2) is 13.4. The van der Waals surface area contributed by atoms with E-state index >= 15 is 0 Å². The van der Waals surface area contributed by atoms with Crippen LogP contribution in [0.4, 0.5) is 0 Å². The lowest BCUT2D eigenvalue weighted by atomic mass is 10.0. The van der Waals surface area contributed by atoms with Crippen molar-refractivity contribution in [3.63, 3.8) is 0 Å². The van der Waals surface area contributed by atoms with Crippen LogP contribution < -0.4 is 10.6 Å². The zero-order chi connectivity index (χ0) is 22.5. The predicted molar refractivity (Wildman–Crippen MR) is 104 cm³/mol. The third-order valence-electron chi connectivity index (χ3n) is 4.13. The fourth-order valence-corrected chi connectivity index (χ4v) is 2.46. The number of carbonyl (C=O) groups is 5. The van der Waals surface area contributed by atoms with Gasteiger partial charge in [-0.1, -0.05) is 13.8 Å². The highest BCUT2D eigenvalue weighted by molar-refractivity contribution is 6.13. The molecule has 30 heavy (non-hydrogen) atoms. The SMILES string of the molecule is CC(C)C(NC(=O)CCOCCOCCNC(=O)CCN1C(=O)C=CC1=O)C(=O)O. The molecule has 0 spiro atoms. The molecule has 0 fully saturated rings. The van der Waals surface area contributed by atoms with Crippen molar-refractivity contribution in [1.82, 2.24) is 15.5 Å². The van der Waals surface area contributed by atoms with E-state index in [0.717, 1.165) is 4.90 Å². The lowest BCUT2D eigenvalue weighted by Gasteiger charge is -2.17. The van der Waals surface area contributed by atoms with Crippen LogP contribution in [0.25, 0.3) is 0 Å². The summed E-state index contributed by atoms with van der Waals surface area (Å²) in [5, 5.41) is 14.1. The Morgan fingerprint density at radius 3 is 2.13 bits per heavy atom. The van der Waals surface area contributed by atoms with E-state index in [1.165, 1.54) is 12.2 Å². The number of nitrogens with zero attached hydrogens (tertiary/aromatic N) is 1. The molecule has 168 valence electrons. The minimum atomic E-state index is -1.07. The predicted octanol–water partition coefficient (Wildman–Crippen LogP) is -0.934. The zero-order valence-corrected chi connectivity index (χ0v) is 17.2. The van der Waals surface area contributed by atoms with Gasteiger partial charge in [0.25, 0.3) is 11.8 Å². The maximum atomic E-state index is 11.7. The van der Waals surface area contributed by atoms with Gasteiger partial charge in [-0.2, -0.15) is 0 Å². The molecule has 1 atom stereocenters. The summed E-state index contributed by atoms with van der Waals surface area (Å²) in [5.41, 5.74) is 0.